The smallest absolute Gasteiger partial charge is 0.272 e. The van der Waals surface area contributed by atoms with E-state index in [2.05, 4.69) is 25.5 Å². The number of nitrogens with one attached hydrogen (secondary N) is 2. The van der Waals surface area contributed by atoms with Crippen molar-refractivity contribution < 1.29 is 22.7 Å². The van der Waals surface area contributed by atoms with Crippen LogP contribution in [-0.4, -0.2) is 53.4 Å². The molecule has 2 N–H and O–H groups in total. The number of anilines is 3. The van der Waals surface area contributed by atoms with Gasteiger partial charge in [-0.2, -0.15) is 0 Å². The van der Waals surface area contributed by atoms with Crippen LogP contribution in [0.2, 0.25) is 5.02 Å². The number of piperidine rings is 1. The van der Waals surface area contributed by atoms with Gasteiger partial charge in [0.15, 0.2) is 0 Å². The lowest BCUT2D eigenvalue weighted by atomic mass is 10.1. The van der Waals surface area contributed by atoms with Crippen molar-refractivity contribution in [3.05, 3.63) is 59.7 Å². The standard InChI is InChI=1S/C26H27ClF3N5O2/c27-19-12-17(7-8-20(19)28)33-26-18-13-22(23(37-15-24(29)30)14-21(18)31-16-32-26)34-25(36)6-2-5-11-35-9-3-1-4-10-35/h2,6-8,12-14,16,24H,1,3-5,9-11,15H2,(H,34,36)(H,31,32,33)/b6-2+. The predicted octanol–water partition coefficient (Wildman–Crippen LogP) is 6.18. The van der Waals surface area contributed by atoms with Crippen LogP contribution >= 0.6 is 11.6 Å². The third-order valence-electron chi connectivity index (χ3n) is 5.87. The maximum absolute atomic E-state index is 13.5. The summed E-state index contributed by atoms with van der Waals surface area (Å²) in [5.74, 6) is -0.580. The molecule has 2 heterocycles. The van der Waals surface area contributed by atoms with Crippen molar-refractivity contribution in [3.8, 4) is 5.75 Å². The number of amides is 1. The summed E-state index contributed by atoms with van der Waals surface area (Å²) >= 11 is 5.88. The van der Waals surface area contributed by atoms with Gasteiger partial charge in [-0.25, -0.2) is 23.1 Å². The summed E-state index contributed by atoms with van der Waals surface area (Å²) in [6.07, 6.45) is 6.18. The fraction of sp³-hybridized carbons (Fsp3) is 0.346. The van der Waals surface area contributed by atoms with Crippen LogP contribution in [0.5, 0.6) is 5.75 Å². The molecule has 37 heavy (non-hydrogen) atoms. The van der Waals surface area contributed by atoms with Crippen LogP contribution in [0, 0.1) is 5.82 Å². The van der Waals surface area contributed by atoms with Crippen molar-refractivity contribution in [3.63, 3.8) is 0 Å². The second kappa shape index (κ2) is 12.7. The molecule has 2 aromatic carbocycles. The molecular formula is C26H27ClF3N5O2. The molecule has 196 valence electrons. The van der Waals surface area contributed by atoms with E-state index >= 15 is 0 Å². The quantitative estimate of drug-likeness (QED) is 0.303. The highest BCUT2D eigenvalue weighted by Gasteiger charge is 2.15. The van der Waals surface area contributed by atoms with E-state index in [9.17, 15) is 18.0 Å². The molecule has 3 aromatic rings. The van der Waals surface area contributed by atoms with Gasteiger partial charge in [0, 0.05) is 23.7 Å². The Morgan fingerprint density at radius 2 is 1.97 bits per heavy atom. The Bertz CT molecular complexity index is 1270. The summed E-state index contributed by atoms with van der Waals surface area (Å²) in [7, 11) is 0. The fourth-order valence-electron chi connectivity index (χ4n) is 4.07. The molecule has 0 aliphatic carbocycles. The molecule has 1 amide bonds. The molecular weight excluding hydrogens is 507 g/mol. The second-order valence-electron chi connectivity index (χ2n) is 8.63. The number of carbonyl (C=O) groups is 1. The molecule has 1 aliphatic rings. The van der Waals surface area contributed by atoms with E-state index in [-0.39, 0.29) is 16.5 Å². The molecule has 11 heteroatoms. The van der Waals surface area contributed by atoms with Gasteiger partial charge in [0.2, 0.25) is 5.91 Å². The molecule has 0 saturated carbocycles. The molecule has 1 fully saturated rings. The fourth-order valence-corrected chi connectivity index (χ4v) is 4.25. The van der Waals surface area contributed by atoms with Gasteiger partial charge in [0.25, 0.3) is 6.43 Å². The SMILES string of the molecule is O=C(/C=C/CCN1CCCCC1)Nc1cc2c(Nc3ccc(F)c(Cl)c3)ncnc2cc1OCC(F)F. The zero-order chi connectivity index (χ0) is 26.2. The summed E-state index contributed by atoms with van der Waals surface area (Å²) in [5, 5.41) is 6.17. The summed E-state index contributed by atoms with van der Waals surface area (Å²) in [4.78, 5) is 23.4. The second-order valence-corrected chi connectivity index (χ2v) is 9.03. The van der Waals surface area contributed by atoms with Crippen molar-refractivity contribution >= 4 is 45.6 Å². The van der Waals surface area contributed by atoms with E-state index in [0.29, 0.717) is 22.4 Å². The molecule has 0 unspecified atom stereocenters. The molecule has 7 nitrogen and oxygen atoms in total. The first-order valence-electron chi connectivity index (χ1n) is 12.0. The highest BCUT2D eigenvalue weighted by atomic mass is 35.5. The van der Waals surface area contributed by atoms with Gasteiger partial charge >= 0.3 is 0 Å². The number of hydrogen-bond acceptors (Lipinski definition) is 6. The molecule has 0 atom stereocenters. The number of benzene rings is 2. The number of likely N-dealkylation sites (tertiary alicyclic amines) is 1. The molecule has 1 aromatic heterocycles. The molecule has 1 aliphatic heterocycles. The monoisotopic (exact) mass is 533 g/mol. The van der Waals surface area contributed by atoms with Gasteiger partial charge in [-0.3, -0.25) is 4.79 Å². The topological polar surface area (TPSA) is 79.4 Å². The lowest BCUT2D eigenvalue weighted by Gasteiger charge is -2.25. The van der Waals surface area contributed by atoms with E-state index in [1.165, 1.54) is 55.9 Å². The van der Waals surface area contributed by atoms with Gasteiger partial charge in [0.05, 0.1) is 16.2 Å². The van der Waals surface area contributed by atoms with Crippen LogP contribution in [0.4, 0.5) is 30.4 Å². The maximum Gasteiger partial charge on any atom is 0.272 e. The highest BCUT2D eigenvalue weighted by Crippen LogP contribution is 2.34. The van der Waals surface area contributed by atoms with Crippen molar-refractivity contribution in [2.45, 2.75) is 32.1 Å². The number of halogens is 4. The average molecular weight is 534 g/mol. The minimum Gasteiger partial charge on any atom is -0.485 e. The number of aromatic nitrogens is 2. The summed E-state index contributed by atoms with van der Waals surface area (Å²) in [6.45, 7) is 2.18. The Morgan fingerprint density at radius 1 is 1.16 bits per heavy atom. The predicted molar refractivity (Wildman–Crippen MR) is 138 cm³/mol. The number of fused-ring (bicyclic) bond motifs is 1. The third-order valence-corrected chi connectivity index (χ3v) is 6.16. The van der Waals surface area contributed by atoms with Crippen LogP contribution in [0.25, 0.3) is 10.9 Å². The van der Waals surface area contributed by atoms with Gasteiger partial charge in [-0.05, 0) is 62.7 Å². The number of alkyl halides is 2. The van der Waals surface area contributed by atoms with Gasteiger partial charge < -0.3 is 20.3 Å². The zero-order valence-corrected chi connectivity index (χ0v) is 20.8. The van der Waals surface area contributed by atoms with Crippen molar-refractivity contribution in [1.29, 1.82) is 0 Å². The summed E-state index contributed by atoms with van der Waals surface area (Å²) in [6, 6.07) is 7.11. The number of rotatable bonds is 10. The number of carbonyl (C=O) groups excluding carboxylic acids is 1. The maximum atomic E-state index is 13.5. The largest absolute Gasteiger partial charge is 0.485 e. The minimum atomic E-state index is -2.69. The Balaban J connectivity index is 1.54. The number of hydrogen-bond donors (Lipinski definition) is 2. The normalized spacial score (nSPS) is 14.4. The lowest BCUT2D eigenvalue weighted by Crippen LogP contribution is -2.30. The molecule has 1 saturated heterocycles. The average Bonchev–Trinajstić information content (AvgIpc) is 2.88. The van der Waals surface area contributed by atoms with Crippen LogP contribution in [0.3, 0.4) is 0 Å². The van der Waals surface area contributed by atoms with Crippen LogP contribution in [-0.2, 0) is 4.79 Å². The number of ether oxygens (including phenoxy) is 1. The van der Waals surface area contributed by atoms with Crippen molar-refractivity contribution in [1.82, 2.24) is 14.9 Å². The zero-order valence-electron chi connectivity index (χ0n) is 20.0. The van der Waals surface area contributed by atoms with Crippen LogP contribution in [0.1, 0.15) is 25.7 Å². The van der Waals surface area contributed by atoms with Gasteiger partial charge in [0.1, 0.15) is 30.3 Å². The Hall–Kier alpha value is -3.37. The van der Waals surface area contributed by atoms with Crippen molar-refractivity contribution in [2.75, 3.05) is 36.9 Å². The van der Waals surface area contributed by atoms with E-state index in [0.717, 1.165) is 26.1 Å². The summed E-state index contributed by atoms with van der Waals surface area (Å²) < 4.78 is 44.5. The van der Waals surface area contributed by atoms with Gasteiger partial charge in [-0.15, -0.1) is 0 Å². The first kappa shape index (κ1) is 26.7. The Labute approximate surface area is 217 Å². The molecule has 0 radical (unpaired) electrons. The minimum absolute atomic E-state index is 0.0531. The third kappa shape index (κ3) is 7.56. The Morgan fingerprint density at radius 3 is 2.73 bits per heavy atom. The molecule has 0 bridgehead atoms. The van der Waals surface area contributed by atoms with Crippen molar-refractivity contribution in [2.24, 2.45) is 0 Å². The van der Waals surface area contributed by atoms with E-state index in [4.69, 9.17) is 16.3 Å². The first-order valence-corrected chi connectivity index (χ1v) is 12.4. The van der Waals surface area contributed by atoms with Gasteiger partial charge in [-0.1, -0.05) is 24.1 Å². The van der Waals surface area contributed by atoms with Crippen LogP contribution in [0.15, 0.2) is 48.8 Å². The van der Waals surface area contributed by atoms with E-state index in [1.54, 1.807) is 12.1 Å². The van der Waals surface area contributed by atoms with Crippen LogP contribution < -0.4 is 15.4 Å². The van der Waals surface area contributed by atoms with E-state index in [1.807, 2.05) is 0 Å². The van der Waals surface area contributed by atoms with E-state index < -0.39 is 24.8 Å². The Kier molecular flexibility index (Phi) is 9.19. The number of nitrogens with zero attached hydrogens (tertiary/aromatic N) is 3. The first-order chi connectivity index (χ1) is 17.9. The summed E-state index contributed by atoms with van der Waals surface area (Å²) in [5.41, 5.74) is 1.06. The lowest BCUT2D eigenvalue weighted by molar-refractivity contribution is -0.111. The molecule has 0 spiro atoms. The highest BCUT2D eigenvalue weighted by molar-refractivity contribution is 6.31. The molecule has 4 rings (SSSR count).